The summed E-state index contributed by atoms with van der Waals surface area (Å²) in [6, 6.07) is 11.8. The van der Waals surface area contributed by atoms with E-state index in [0.717, 1.165) is 21.7 Å². The minimum absolute atomic E-state index is 0.106. The molecule has 2 heterocycles. The molecule has 100 valence electrons. The van der Waals surface area contributed by atoms with Gasteiger partial charge in [-0.1, -0.05) is 35.7 Å². The van der Waals surface area contributed by atoms with Crippen LogP contribution in [0, 0.1) is 11.8 Å². The van der Waals surface area contributed by atoms with Crippen LogP contribution in [-0.2, 0) is 5.75 Å². The highest BCUT2D eigenvalue weighted by Gasteiger charge is 2.06. The molecular weight excluding hydrogens is 290 g/mol. The predicted octanol–water partition coefficient (Wildman–Crippen LogP) is 3.53. The quantitative estimate of drug-likeness (QED) is 0.594. The molecule has 0 bridgehead atoms. The second-order valence-electron chi connectivity index (χ2n) is 3.96. The maximum Gasteiger partial charge on any atom is 0.257 e. The third-order valence-corrected chi connectivity index (χ3v) is 4.62. The van der Waals surface area contributed by atoms with Crippen molar-refractivity contribution in [3.8, 4) is 11.8 Å². The number of nitrogens with zero attached hydrogens (tertiary/aromatic N) is 1. The van der Waals surface area contributed by atoms with E-state index >= 15 is 0 Å². The number of aliphatic hydroxyl groups excluding tert-OH is 1. The lowest BCUT2D eigenvalue weighted by molar-refractivity contribution is 0.350. The van der Waals surface area contributed by atoms with Crippen molar-refractivity contribution in [2.45, 2.75) is 11.0 Å². The third kappa shape index (κ3) is 3.05. The molecule has 0 aliphatic carbocycles. The van der Waals surface area contributed by atoms with Crippen LogP contribution >= 0.6 is 23.1 Å². The van der Waals surface area contributed by atoms with Gasteiger partial charge in [0.1, 0.15) is 12.1 Å². The number of aliphatic hydroxyl groups is 1. The molecule has 20 heavy (non-hydrogen) atoms. The topological polar surface area (TPSA) is 46.3 Å². The molecule has 0 aliphatic heterocycles. The van der Waals surface area contributed by atoms with E-state index in [4.69, 9.17) is 9.52 Å². The number of fused-ring (bicyclic) bond motifs is 1. The van der Waals surface area contributed by atoms with E-state index in [1.54, 1.807) is 23.1 Å². The zero-order valence-corrected chi connectivity index (χ0v) is 12.1. The van der Waals surface area contributed by atoms with Crippen LogP contribution in [-0.4, -0.2) is 16.7 Å². The van der Waals surface area contributed by atoms with Gasteiger partial charge in [-0.2, -0.15) is 0 Å². The molecule has 5 heteroatoms. The summed E-state index contributed by atoms with van der Waals surface area (Å²) in [4.78, 5) is 6.60. The Kier molecular flexibility index (Phi) is 4.07. The van der Waals surface area contributed by atoms with Crippen molar-refractivity contribution in [1.82, 2.24) is 4.98 Å². The van der Waals surface area contributed by atoms with Crippen molar-refractivity contribution in [1.29, 1.82) is 0 Å². The fraction of sp³-hybridized carbons (Fsp3) is 0.133. The second kappa shape index (κ2) is 6.14. The standard InChI is InChI=1S/C15H11NO2S2/c17-9-3-4-11-7-8-12(20-11)10-19-15-16-13-5-1-2-6-14(13)18-15/h1-2,5-8,17H,9-10H2. The molecule has 0 radical (unpaired) electrons. The first kappa shape index (κ1) is 13.3. The molecule has 0 saturated heterocycles. The van der Waals surface area contributed by atoms with Gasteiger partial charge in [-0.15, -0.1) is 11.3 Å². The van der Waals surface area contributed by atoms with Crippen LogP contribution in [0.2, 0.25) is 0 Å². The monoisotopic (exact) mass is 301 g/mol. The van der Waals surface area contributed by atoms with Gasteiger partial charge in [-0.3, -0.25) is 0 Å². The van der Waals surface area contributed by atoms with Gasteiger partial charge in [0.05, 0.1) is 4.88 Å². The zero-order valence-electron chi connectivity index (χ0n) is 10.5. The second-order valence-corrected chi connectivity index (χ2v) is 6.06. The number of hydrogen-bond acceptors (Lipinski definition) is 5. The molecule has 0 fully saturated rings. The highest BCUT2D eigenvalue weighted by Crippen LogP contribution is 2.28. The Morgan fingerprint density at radius 1 is 1.25 bits per heavy atom. The van der Waals surface area contributed by atoms with Gasteiger partial charge in [0.25, 0.3) is 5.22 Å². The fourth-order valence-corrected chi connectivity index (χ4v) is 3.46. The Morgan fingerprint density at radius 2 is 2.15 bits per heavy atom. The third-order valence-electron chi connectivity index (χ3n) is 2.56. The molecule has 2 aromatic heterocycles. The molecule has 0 unspecified atom stereocenters. The summed E-state index contributed by atoms with van der Waals surface area (Å²) in [6.45, 7) is -0.106. The van der Waals surface area contributed by atoms with Crippen molar-refractivity contribution in [2.75, 3.05) is 6.61 Å². The number of benzene rings is 1. The van der Waals surface area contributed by atoms with Crippen LogP contribution < -0.4 is 0 Å². The van der Waals surface area contributed by atoms with Crippen molar-refractivity contribution < 1.29 is 9.52 Å². The average Bonchev–Trinajstić information content (AvgIpc) is 3.09. The van der Waals surface area contributed by atoms with Crippen molar-refractivity contribution in [3.05, 3.63) is 46.2 Å². The van der Waals surface area contributed by atoms with Gasteiger partial charge in [0.15, 0.2) is 5.58 Å². The largest absolute Gasteiger partial charge is 0.431 e. The van der Waals surface area contributed by atoms with Gasteiger partial charge in [0, 0.05) is 10.6 Å². The van der Waals surface area contributed by atoms with E-state index in [2.05, 4.69) is 16.8 Å². The Morgan fingerprint density at radius 3 is 3.00 bits per heavy atom. The maximum absolute atomic E-state index is 8.66. The van der Waals surface area contributed by atoms with Crippen molar-refractivity contribution >= 4 is 34.2 Å². The van der Waals surface area contributed by atoms with Crippen LogP contribution in [0.1, 0.15) is 9.75 Å². The molecule has 1 N–H and O–H groups in total. The van der Waals surface area contributed by atoms with E-state index in [-0.39, 0.29) is 6.61 Å². The van der Waals surface area contributed by atoms with Crippen LogP contribution in [0.25, 0.3) is 11.1 Å². The number of para-hydroxylation sites is 2. The van der Waals surface area contributed by atoms with Gasteiger partial charge >= 0.3 is 0 Å². The summed E-state index contributed by atoms with van der Waals surface area (Å²) < 4.78 is 5.66. The number of rotatable bonds is 3. The van der Waals surface area contributed by atoms with Crippen LogP contribution in [0.5, 0.6) is 0 Å². The predicted molar refractivity (Wildman–Crippen MR) is 81.9 cm³/mol. The highest BCUT2D eigenvalue weighted by molar-refractivity contribution is 7.98. The van der Waals surface area contributed by atoms with E-state index in [9.17, 15) is 0 Å². The first-order chi connectivity index (χ1) is 9.85. The van der Waals surface area contributed by atoms with E-state index in [1.165, 1.54) is 4.88 Å². The highest BCUT2D eigenvalue weighted by atomic mass is 32.2. The minimum atomic E-state index is -0.106. The lowest BCUT2D eigenvalue weighted by Gasteiger charge is -1.92. The van der Waals surface area contributed by atoms with Gasteiger partial charge in [0.2, 0.25) is 0 Å². The first-order valence-corrected chi connectivity index (χ1v) is 7.82. The number of thiophene rings is 1. The molecule has 0 spiro atoms. The molecule has 0 atom stereocenters. The van der Waals surface area contributed by atoms with E-state index in [0.29, 0.717) is 5.22 Å². The summed E-state index contributed by atoms with van der Waals surface area (Å²) in [5.41, 5.74) is 1.70. The number of thioether (sulfide) groups is 1. The summed E-state index contributed by atoms with van der Waals surface area (Å²) in [7, 11) is 0. The lowest BCUT2D eigenvalue weighted by atomic mass is 10.3. The van der Waals surface area contributed by atoms with Crippen LogP contribution in [0.15, 0.2) is 46.0 Å². The average molecular weight is 301 g/mol. The summed E-state index contributed by atoms with van der Waals surface area (Å²) in [5.74, 6) is 6.36. The first-order valence-electron chi connectivity index (χ1n) is 6.02. The number of aromatic nitrogens is 1. The normalized spacial score (nSPS) is 10.4. The fourth-order valence-electron chi connectivity index (χ4n) is 1.69. The number of hydrogen-bond donors (Lipinski definition) is 1. The molecule has 3 nitrogen and oxygen atoms in total. The number of oxazole rings is 1. The molecule has 0 amide bonds. The van der Waals surface area contributed by atoms with Crippen LogP contribution in [0.4, 0.5) is 0 Å². The van der Waals surface area contributed by atoms with Gasteiger partial charge in [-0.05, 0) is 24.3 Å². The SMILES string of the molecule is OCC#Cc1ccc(CSc2nc3ccccc3o2)s1. The summed E-state index contributed by atoms with van der Waals surface area (Å²) in [5, 5.41) is 9.34. The van der Waals surface area contributed by atoms with Crippen molar-refractivity contribution in [3.63, 3.8) is 0 Å². The molecule has 1 aromatic carbocycles. The Balaban J connectivity index is 1.68. The molecular formula is C15H11NO2S2. The maximum atomic E-state index is 8.66. The minimum Gasteiger partial charge on any atom is -0.431 e. The van der Waals surface area contributed by atoms with E-state index < -0.39 is 0 Å². The zero-order chi connectivity index (χ0) is 13.8. The van der Waals surface area contributed by atoms with E-state index in [1.807, 2.05) is 36.4 Å². The smallest absolute Gasteiger partial charge is 0.257 e. The van der Waals surface area contributed by atoms with Gasteiger partial charge in [-0.25, -0.2) is 4.98 Å². The lowest BCUT2D eigenvalue weighted by Crippen LogP contribution is -1.73. The van der Waals surface area contributed by atoms with Crippen LogP contribution in [0.3, 0.4) is 0 Å². The molecule has 0 aliphatic rings. The molecule has 3 rings (SSSR count). The van der Waals surface area contributed by atoms with Gasteiger partial charge < -0.3 is 9.52 Å². The summed E-state index contributed by atoms with van der Waals surface area (Å²) >= 11 is 3.20. The van der Waals surface area contributed by atoms with Crippen molar-refractivity contribution in [2.24, 2.45) is 0 Å². The molecule has 3 aromatic rings. The Labute approximate surface area is 124 Å². The Bertz CT molecular complexity index is 747. The Hall–Kier alpha value is -1.74. The summed E-state index contributed by atoms with van der Waals surface area (Å²) in [6.07, 6.45) is 0. The molecule has 0 saturated carbocycles.